The SMILES string of the molecule is CC(C)(C)OC(=O)N1CCC(N=c2[c-]cc(Br)c(Cl)[nH]2)CC1.[No].[No]. The molecular formula is C15H20BrClN3No2O2-. The Bertz CT molecular complexity index is 611. The first kappa shape index (κ1) is 21.0. The summed E-state index contributed by atoms with van der Waals surface area (Å²) >= 11 is 9.31. The molecule has 5 nitrogen and oxygen atoms in total. The van der Waals surface area contributed by atoms with Gasteiger partial charge < -0.3 is 14.6 Å². The number of hydrogen-bond donors (Lipinski definition) is 1. The van der Waals surface area contributed by atoms with Crippen molar-refractivity contribution < 1.29 is 9.53 Å². The van der Waals surface area contributed by atoms with E-state index in [1.54, 1.807) is 11.0 Å². The molecule has 0 radical (unpaired) electrons. The maximum atomic E-state index is 12.0. The molecule has 1 aliphatic rings. The molecule has 0 atom stereocenters. The van der Waals surface area contributed by atoms with Gasteiger partial charge in [0.1, 0.15) is 5.60 Å². The number of aromatic nitrogens is 1. The minimum Gasteiger partial charge on any atom is -0.444 e. The number of H-pyrrole nitrogens is 1. The molecule has 9 heteroatoms. The summed E-state index contributed by atoms with van der Waals surface area (Å²) in [4.78, 5) is 21.3. The van der Waals surface area contributed by atoms with Gasteiger partial charge in [-0.25, -0.2) is 16.9 Å². The van der Waals surface area contributed by atoms with Gasteiger partial charge in [-0.3, -0.25) is 4.99 Å². The fourth-order valence-corrected chi connectivity index (χ4v) is 2.51. The first-order valence-corrected chi connectivity index (χ1v) is 8.39. The standard InChI is InChI=1S/C15H20BrClN3O2.2No/c1-15(2,3)22-14(21)20-8-6-10(7-9-20)18-12-5-4-11(16)13(17)19-12;;/h4,10H,6-9H2,1-3H3,(H,18,19);;/q-1;;. The molecule has 1 aromatic rings. The Morgan fingerprint density at radius 1 is 1.42 bits per heavy atom. The summed E-state index contributed by atoms with van der Waals surface area (Å²) in [5.41, 5.74) is 0.167. The number of likely N-dealkylation sites (tertiary alicyclic amines) is 1. The second kappa shape index (κ2) is 8.02. The largest absolute Gasteiger partial charge is 0.444 e. The van der Waals surface area contributed by atoms with Gasteiger partial charge in [-0.2, -0.15) is 15.9 Å². The summed E-state index contributed by atoms with van der Waals surface area (Å²) in [6.45, 7) is 6.91. The Kier molecular flexibility index (Phi) is 7.01. The molecule has 2 rings (SSSR count). The van der Waals surface area contributed by atoms with Crippen molar-refractivity contribution in [1.82, 2.24) is 9.88 Å². The van der Waals surface area contributed by atoms with Crippen LogP contribution >= 0.6 is 27.5 Å². The van der Waals surface area contributed by atoms with Crippen LogP contribution < -0.4 is 5.49 Å². The number of halogens is 2. The first-order chi connectivity index (χ1) is 10.2. The summed E-state index contributed by atoms with van der Waals surface area (Å²) in [6.07, 6.45) is 1.35. The molecule has 0 bridgehead atoms. The molecule has 1 aromatic heterocycles. The Balaban J connectivity index is 0.00000264. The van der Waals surface area contributed by atoms with E-state index in [0.717, 1.165) is 17.3 Å². The normalized spacial score (nSPS) is 16.2. The van der Waals surface area contributed by atoms with Crippen LogP contribution in [0, 0.1) is 6.07 Å². The number of nitrogens with zero attached hydrogens (tertiary/aromatic N) is 2. The molecule has 0 aromatic carbocycles. The third-order valence-corrected chi connectivity index (χ3v) is 4.35. The average molecular weight is 908 g/mol. The van der Waals surface area contributed by atoms with Gasteiger partial charge in [-0.05, 0) is 33.6 Å². The summed E-state index contributed by atoms with van der Waals surface area (Å²) < 4.78 is 6.14. The van der Waals surface area contributed by atoms with E-state index < -0.39 is 5.60 Å². The fourth-order valence-electron chi connectivity index (χ4n) is 2.15. The predicted molar refractivity (Wildman–Crippen MR) is 88.7 cm³/mol. The van der Waals surface area contributed by atoms with Crippen molar-refractivity contribution in [2.45, 2.75) is 45.3 Å². The molecule has 0 aliphatic carbocycles. The molecule has 24 heavy (non-hydrogen) atoms. The molecule has 1 saturated heterocycles. The summed E-state index contributed by atoms with van der Waals surface area (Å²) in [5.74, 6) is 0. The van der Waals surface area contributed by atoms with Crippen molar-refractivity contribution in [2.75, 3.05) is 13.1 Å². The van der Waals surface area contributed by atoms with E-state index in [9.17, 15) is 4.79 Å². The second-order valence-electron chi connectivity index (χ2n) is 6.25. The molecule has 1 fully saturated rings. The van der Waals surface area contributed by atoms with Gasteiger partial charge in [-0.1, -0.05) is 16.1 Å². The predicted octanol–water partition coefficient (Wildman–Crippen LogP) is 3.53. The van der Waals surface area contributed by atoms with Gasteiger partial charge in [0.15, 0.2) is 0 Å². The quantitative estimate of drug-likeness (QED) is 0.347. The average Bonchev–Trinajstić information content (AvgIpc) is 2.42. The molecule has 1 amide bonds. The zero-order chi connectivity index (χ0) is 16.3. The number of piperidine rings is 1. The van der Waals surface area contributed by atoms with Crippen molar-refractivity contribution in [3.63, 3.8) is 0 Å². The maximum absolute atomic E-state index is 12.0. The Morgan fingerprint density at radius 3 is 2.50 bits per heavy atom. The van der Waals surface area contributed by atoms with Crippen molar-refractivity contribution in [1.29, 1.82) is 0 Å². The van der Waals surface area contributed by atoms with Crippen LogP contribution in [0.1, 0.15) is 33.6 Å². The second-order valence-corrected chi connectivity index (χ2v) is 7.48. The van der Waals surface area contributed by atoms with Gasteiger partial charge in [0.05, 0.1) is 6.04 Å². The number of hydrogen-bond acceptors (Lipinski definition) is 3. The molecule has 2 heterocycles. The number of amides is 1. The minimum atomic E-state index is -0.462. The number of rotatable bonds is 1. The van der Waals surface area contributed by atoms with E-state index in [4.69, 9.17) is 16.3 Å². The van der Waals surface area contributed by atoms with Crippen LogP contribution in [0.4, 0.5) is 4.79 Å². The maximum Gasteiger partial charge on any atom is 0.410 e. The van der Waals surface area contributed by atoms with E-state index in [2.05, 4.69) is 32.0 Å². The van der Waals surface area contributed by atoms with Gasteiger partial charge >= 0.3 is 6.09 Å². The Hall–Kier alpha value is -3.01. The van der Waals surface area contributed by atoms with Gasteiger partial charge in [-0.15, -0.1) is 0 Å². The number of nitrogens with one attached hydrogen (secondary N) is 1. The van der Waals surface area contributed by atoms with Crippen LogP contribution in [-0.4, -0.2) is 40.7 Å². The molecule has 0 unspecified atom stereocenters. The van der Waals surface area contributed by atoms with Crippen molar-refractivity contribution in [3.8, 4) is 0 Å². The van der Waals surface area contributed by atoms with Crippen molar-refractivity contribution in [2.24, 2.45) is 4.99 Å². The van der Waals surface area contributed by atoms with Gasteiger partial charge in [0.2, 0.25) is 0 Å². The van der Waals surface area contributed by atoms with Crippen LogP contribution in [0.15, 0.2) is 15.5 Å². The van der Waals surface area contributed by atoms with Crippen LogP contribution in [0.2, 0.25) is 5.15 Å². The first-order valence-electron chi connectivity index (χ1n) is 7.22. The minimum absolute atomic E-state index is 0. The fraction of sp³-hybridized carbons (Fsp3) is 0.600. The van der Waals surface area contributed by atoms with Crippen LogP contribution in [0.3, 0.4) is 0 Å². The summed E-state index contributed by atoms with van der Waals surface area (Å²) in [7, 11) is 0. The molecule has 1 N–H and O–H groups in total. The molecular weight excluding hydrogens is 888 g/mol. The zero-order valence-electron chi connectivity index (χ0n) is 13.5. The summed E-state index contributed by atoms with van der Waals surface area (Å²) in [6, 6.07) is 4.93. The Labute approximate surface area is 143 Å². The number of aromatic amines is 1. The van der Waals surface area contributed by atoms with Crippen molar-refractivity contribution >= 4 is 33.6 Å². The summed E-state index contributed by atoms with van der Waals surface area (Å²) in [5, 5.41) is 0.503. The van der Waals surface area contributed by atoms with E-state index in [-0.39, 0.29) is 12.1 Å². The monoisotopic (exact) mass is 906 g/mol. The van der Waals surface area contributed by atoms with E-state index in [1.807, 2.05) is 20.8 Å². The van der Waals surface area contributed by atoms with Crippen LogP contribution in [0.25, 0.3) is 0 Å². The van der Waals surface area contributed by atoms with Gasteiger partial charge in [0, 0.05) is 23.7 Å². The van der Waals surface area contributed by atoms with Crippen LogP contribution in [0.5, 0.6) is 0 Å². The van der Waals surface area contributed by atoms with Gasteiger partial charge in [0.25, 0.3) is 0 Å². The molecule has 150 valence electrons. The Morgan fingerprint density at radius 2 is 2.00 bits per heavy atom. The van der Waals surface area contributed by atoms with E-state index >= 15 is 0 Å². The van der Waals surface area contributed by atoms with E-state index in [0.29, 0.717) is 23.7 Å². The number of ether oxygens (including phenoxy) is 1. The number of carbonyl (C=O) groups excluding carboxylic acids is 1. The number of pyridine rings is 1. The number of carbonyl (C=O) groups is 1. The smallest absolute Gasteiger partial charge is 0.410 e. The molecule has 0 saturated carbocycles. The molecule has 1 aliphatic heterocycles. The molecule has 0 spiro atoms. The zero-order valence-corrected chi connectivity index (χ0v) is 20.3. The van der Waals surface area contributed by atoms with Crippen LogP contribution in [-0.2, 0) is 4.74 Å². The third kappa shape index (κ3) is 5.65. The van der Waals surface area contributed by atoms with Crippen molar-refractivity contribution in [3.05, 3.63) is 27.2 Å². The topological polar surface area (TPSA) is 57.7 Å². The van der Waals surface area contributed by atoms with E-state index in [1.165, 1.54) is 0 Å². The third-order valence-electron chi connectivity index (χ3n) is 3.20.